The summed E-state index contributed by atoms with van der Waals surface area (Å²) in [5, 5.41) is 3.31. The van der Waals surface area contributed by atoms with Crippen LogP contribution in [0.15, 0.2) is 0 Å². The van der Waals surface area contributed by atoms with E-state index in [2.05, 4.69) is 33.0 Å². The van der Waals surface area contributed by atoms with Crippen molar-refractivity contribution in [3.05, 3.63) is 0 Å². The third-order valence-electron chi connectivity index (χ3n) is 3.65. The first-order valence-electron chi connectivity index (χ1n) is 6.39. The van der Waals surface area contributed by atoms with E-state index in [1.807, 2.05) is 11.9 Å². The van der Waals surface area contributed by atoms with Gasteiger partial charge in [-0.3, -0.25) is 4.79 Å². The van der Waals surface area contributed by atoms with E-state index in [0.717, 1.165) is 13.2 Å². The fourth-order valence-corrected chi connectivity index (χ4v) is 1.90. The minimum absolute atomic E-state index is 0.112. The molecular formula is C13H26N2O2. The van der Waals surface area contributed by atoms with E-state index in [1.54, 1.807) is 0 Å². The zero-order valence-corrected chi connectivity index (χ0v) is 11.7. The lowest BCUT2D eigenvalue weighted by Gasteiger charge is -2.36. The quantitative estimate of drug-likeness (QED) is 0.810. The molecule has 1 N–H and O–H groups in total. The van der Waals surface area contributed by atoms with E-state index in [1.165, 1.54) is 0 Å². The molecule has 1 fully saturated rings. The number of hydrogen-bond acceptors (Lipinski definition) is 3. The van der Waals surface area contributed by atoms with Gasteiger partial charge in [0.25, 0.3) is 0 Å². The monoisotopic (exact) mass is 242 g/mol. The molecule has 0 bridgehead atoms. The normalized spacial score (nSPS) is 23.2. The predicted octanol–water partition coefficient (Wildman–Crippen LogP) is 1.26. The summed E-state index contributed by atoms with van der Waals surface area (Å²) in [6.45, 7) is 10.8. The number of ether oxygens (including phenoxy) is 1. The maximum atomic E-state index is 12.1. The molecule has 0 aromatic rings. The minimum Gasteiger partial charge on any atom is -0.378 e. The van der Waals surface area contributed by atoms with Gasteiger partial charge < -0.3 is 15.0 Å². The van der Waals surface area contributed by atoms with Crippen LogP contribution in [0.25, 0.3) is 0 Å². The molecule has 1 aliphatic heterocycles. The van der Waals surface area contributed by atoms with Crippen LogP contribution in [-0.2, 0) is 9.53 Å². The number of carbonyl (C=O) groups excluding carboxylic acids is 1. The van der Waals surface area contributed by atoms with Gasteiger partial charge in [-0.2, -0.15) is 0 Å². The van der Waals surface area contributed by atoms with E-state index in [9.17, 15) is 4.79 Å². The third-order valence-corrected chi connectivity index (χ3v) is 3.65. The number of nitrogens with one attached hydrogen (secondary N) is 1. The van der Waals surface area contributed by atoms with Crippen molar-refractivity contribution >= 4 is 5.91 Å². The lowest BCUT2D eigenvalue weighted by atomic mass is 9.87. The molecule has 0 aliphatic carbocycles. The Morgan fingerprint density at radius 2 is 2.18 bits per heavy atom. The van der Waals surface area contributed by atoms with Gasteiger partial charge in [-0.05, 0) is 12.3 Å². The molecule has 0 aromatic heterocycles. The molecule has 0 aromatic carbocycles. The van der Waals surface area contributed by atoms with Crippen molar-refractivity contribution in [3.63, 3.8) is 0 Å². The highest BCUT2D eigenvalue weighted by atomic mass is 16.5. The first-order valence-corrected chi connectivity index (χ1v) is 6.39. The van der Waals surface area contributed by atoms with Crippen LogP contribution in [-0.4, -0.2) is 49.7 Å². The highest BCUT2D eigenvalue weighted by molar-refractivity contribution is 5.77. The largest absolute Gasteiger partial charge is 0.378 e. The maximum Gasteiger partial charge on any atom is 0.224 e. The summed E-state index contributed by atoms with van der Waals surface area (Å²) in [5.74, 6) is 0.190. The number of amides is 1. The standard InChI is InChI=1S/C13H26N2O2/c1-10(13(2,3)4)15(5)12(16)8-11-9-17-7-6-14-11/h10-11,14H,6-9H2,1-5H3. The lowest BCUT2D eigenvalue weighted by molar-refractivity contribution is -0.134. The molecule has 4 heteroatoms. The number of rotatable bonds is 3. The lowest BCUT2D eigenvalue weighted by Crippen LogP contribution is -2.48. The molecule has 1 rings (SSSR count). The van der Waals surface area contributed by atoms with Crippen molar-refractivity contribution in [2.45, 2.75) is 46.2 Å². The highest BCUT2D eigenvalue weighted by Crippen LogP contribution is 2.23. The number of carbonyl (C=O) groups is 1. The summed E-state index contributed by atoms with van der Waals surface area (Å²) in [6.07, 6.45) is 0.525. The molecule has 1 saturated heterocycles. The summed E-state index contributed by atoms with van der Waals surface area (Å²) in [7, 11) is 1.89. The Hall–Kier alpha value is -0.610. The van der Waals surface area contributed by atoms with Gasteiger partial charge in [0.15, 0.2) is 0 Å². The average Bonchev–Trinajstić information content (AvgIpc) is 2.27. The number of nitrogens with zero attached hydrogens (tertiary/aromatic N) is 1. The molecule has 1 aliphatic rings. The van der Waals surface area contributed by atoms with Crippen molar-refractivity contribution in [2.24, 2.45) is 5.41 Å². The molecule has 2 atom stereocenters. The first-order chi connectivity index (χ1) is 7.82. The van der Waals surface area contributed by atoms with Gasteiger partial charge in [0, 0.05) is 32.1 Å². The zero-order chi connectivity index (χ0) is 13.1. The topological polar surface area (TPSA) is 41.6 Å². The van der Waals surface area contributed by atoms with E-state index in [-0.39, 0.29) is 23.4 Å². The van der Waals surface area contributed by atoms with Crippen LogP contribution in [0.1, 0.15) is 34.1 Å². The molecule has 0 spiro atoms. The molecular weight excluding hydrogens is 216 g/mol. The Morgan fingerprint density at radius 1 is 1.53 bits per heavy atom. The molecule has 17 heavy (non-hydrogen) atoms. The summed E-state index contributed by atoms with van der Waals surface area (Å²) in [5.41, 5.74) is 0.112. The van der Waals surface area contributed by atoms with Gasteiger partial charge in [-0.15, -0.1) is 0 Å². The van der Waals surface area contributed by atoms with Crippen LogP contribution in [0.2, 0.25) is 0 Å². The number of morpholine rings is 1. The average molecular weight is 242 g/mol. The molecule has 2 unspecified atom stereocenters. The fourth-order valence-electron chi connectivity index (χ4n) is 1.90. The van der Waals surface area contributed by atoms with Gasteiger partial charge in [0.1, 0.15) is 0 Å². The summed E-state index contributed by atoms with van der Waals surface area (Å²) < 4.78 is 5.36. The summed E-state index contributed by atoms with van der Waals surface area (Å²) in [4.78, 5) is 14.0. The third kappa shape index (κ3) is 4.28. The second-order valence-corrected chi connectivity index (χ2v) is 5.98. The fraction of sp³-hybridized carbons (Fsp3) is 0.923. The van der Waals surface area contributed by atoms with Crippen molar-refractivity contribution in [1.29, 1.82) is 0 Å². The van der Waals surface area contributed by atoms with Crippen molar-refractivity contribution in [2.75, 3.05) is 26.8 Å². The van der Waals surface area contributed by atoms with Crippen LogP contribution in [0.3, 0.4) is 0 Å². The Kier molecular flexibility index (Phi) is 4.95. The van der Waals surface area contributed by atoms with E-state index < -0.39 is 0 Å². The van der Waals surface area contributed by atoms with Gasteiger partial charge in [0.2, 0.25) is 5.91 Å². The van der Waals surface area contributed by atoms with Crippen LogP contribution in [0.5, 0.6) is 0 Å². The van der Waals surface area contributed by atoms with Crippen LogP contribution < -0.4 is 5.32 Å². The maximum absolute atomic E-state index is 12.1. The van der Waals surface area contributed by atoms with E-state index >= 15 is 0 Å². The number of hydrogen-bond donors (Lipinski definition) is 1. The van der Waals surface area contributed by atoms with Crippen molar-refractivity contribution in [3.8, 4) is 0 Å². The van der Waals surface area contributed by atoms with Gasteiger partial charge in [0.05, 0.1) is 13.2 Å². The molecule has 1 amide bonds. The summed E-state index contributed by atoms with van der Waals surface area (Å²) >= 11 is 0. The second kappa shape index (κ2) is 5.83. The Morgan fingerprint density at radius 3 is 2.65 bits per heavy atom. The van der Waals surface area contributed by atoms with Gasteiger partial charge in [-0.25, -0.2) is 0 Å². The Labute approximate surface area is 105 Å². The first kappa shape index (κ1) is 14.5. The Bertz CT molecular complexity index is 255. The predicted molar refractivity (Wildman–Crippen MR) is 68.9 cm³/mol. The highest BCUT2D eigenvalue weighted by Gasteiger charge is 2.28. The Balaban J connectivity index is 2.46. The van der Waals surface area contributed by atoms with Crippen molar-refractivity contribution in [1.82, 2.24) is 10.2 Å². The molecule has 0 radical (unpaired) electrons. The SMILES string of the molecule is CC(N(C)C(=O)CC1COCCN1)C(C)(C)C. The van der Waals surface area contributed by atoms with E-state index in [0.29, 0.717) is 13.0 Å². The van der Waals surface area contributed by atoms with Crippen LogP contribution in [0.4, 0.5) is 0 Å². The van der Waals surface area contributed by atoms with E-state index in [4.69, 9.17) is 4.74 Å². The van der Waals surface area contributed by atoms with Crippen LogP contribution in [0, 0.1) is 5.41 Å². The molecule has 4 nitrogen and oxygen atoms in total. The zero-order valence-electron chi connectivity index (χ0n) is 11.7. The second-order valence-electron chi connectivity index (χ2n) is 5.98. The smallest absolute Gasteiger partial charge is 0.224 e. The minimum atomic E-state index is 0.112. The van der Waals surface area contributed by atoms with Crippen LogP contribution >= 0.6 is 0 Å². The van der Waals surface area contributed by atoms with Crippen molar-refractivity contribution < 1.29 is 9.53 Å². The van der Waals surface area contributed by atoms with Gasteiger partial charge in [-0.1, -0.05) is 20.8 Å². The molecule has 100 valence electrons. The van der Waals surface area contributed by atoms with Gasteiger partial charge >= 0.3 is 0 Å². The molecule has 1 heterocycles. The molecule has 0 saturated carbocycles. The summed E-state index contributed by atoms with van der Waals surface area (Å²) in [6, 6.07) is 0.408.